The van der Waals surface area contributed by atoms with E-state index in [1.54, 1.807) is 42.5 Å². The molecule has 1 atom stereocenters. The SMILES string of the molecule is [2H]C([2H])([2H])N1C=NC(O)(c2ccccc2)c2cc(Cl)ccc21. The summed E-state index contributed by atoms with van der Waals surface area (Å²) < 4.78 is 22.8. The highest BCUT2D eigenvalue weighted by Crippen LogP contribution is 2.40. The first kappa shape index (κ1) is 9.13. The van der Waals surface area contributed by atoms with Gasteiger partial charge < -0.3 is 10.0 Å². The monoisotopic (exact) mass is 275 g/mol. The van der Waals surface area contributed by atoms with Crippen LogP contribution in [0.4, 0.5) is 5.69 Å². The lowest BCUT2D eigenvalue weighted by Crippen LogP contribution is -2.34. The summed E-state index contributed by atoms with van der Waals surface area (Å²) in [7, 11) is 0. The van der Waals surface area contributed by atoms with Crippen molar-refractivity contribution < 1.29 is 9.22 Å². The standard InChI is InChI=1S/C15H13ClN2O/c1-18-10-17-15(19,11-5-3-2-4-6-11)13-9-12(16)7-8-14(13)18/h2-10,19H,1H3/i1D3. The van der Waals surface area contributed by atoms with Gasteiger partial charge in [0.05, 0.1) is 12.0 Å². The molecule has 0 saturated carbocycles. The number of hydrogen-bond acceptors (Lipinski definition) is 3. The molecule has 1 aliphatic rings. The van der Waals surface area contributed by atoms with Crippen LogP contribution in [0, 0.1) is 0 Å². The first-order valence-electron chi connectivity index (χ1n) is 7.25. The first-order chi connectivity index (χ1) is 10.3. The molecule has 0 amide bonds. The number of benzene rings is 2. The molecule has 1 aliphatic heterocycles. The van der Waals surface area contributed by atoms with Gasteiger partial charge in [-0.2, -0.15) is 0 Å². The zero-order valence-electron chi connectivity index (χ0n) is 12.9. The number of rotatable bonds is 1. The van der Waals surface area contributed by atoms with E-state index in [2.05, 4.69) is 4.99 Å². The number of aliphatic hydroxyl groups is 1. The molecule has 3 rings (SSSR count). The molecule has 1 N–H and O–H groups in total. The van der Waals surface area contributed by atoms with E-state index in [1.807, 2.05) is 6.07 Å². The Hall–Kier alpha value is -1.84. The minimum absolute atomic E-state index is 0.338. The van der Waals surface area contributed by atoms with Crippen LogP contribution in [0.25, 0.3) is 0 Å². The summed E-state index contributed by atoms with van der Waals surface area (Å²) in [5.41, 5.74) is -0.431. The maximum atomic E-state index is 11.0. The number of aliphatic imine (C=N–C) groups is 1. The molecule has 0 fully saturated rings. The molecule has 2 aromatic carbocycles. The highest BCUT2D eigenvalue weighted by atomic mass is 35.5. The molecule has 0 aliphatic carbocycles. The fraction of sp³-hybridized carbons (Fsp3) is 0.133. The molecule has 2 aromatic rings. The van der Waals surface area contributed by atoms with Crippen molar-refractivity contribution in [1.29, 1.82) is 0 Å². The maximum absolute atomic E-state index is 11.0. The third kappa shape index (κ3) is 1.91. The lowest BCUT2D eigenvalue weighted by Gasteiger charge is -2.33. The Morgan fingerprint density at radius 2 is 2.05 bits per heavy atom. The Kier molecular flexibility index (Phi) is 2.10. The van der Waals surface area contributed by atoms with Crippen LogP contribution < -0.4 is 4.90 Å². The number of fused-ring (bicyclic) bond motifs is 1. The van der Waals surface area contributed by atoms with Crippen molar-refractivity contribution in [2.45, 2.75) is 5.72 Å². The van der Waals surface area contributed by atoms with E-state index in [9.17, 15) is 5.11 Å². The van der Waals surface area contributed by atoms with Gasteiger partial charge in [-0.3, -0.25) is 0 Å². The lowest BCUT2D eigenvalue weighted by molar-refractivity contribution is 0.0908. The van der Waals surface area contributed by atoms with Gasteiger partial charge in [0.1, 0.15) is 0 Å². The number of hydrogen-bond donors (Lipinski definition) is 1. The molecule has 0 aromatic heterocycles. The van der Waals surface area contributed by atoms with Crippen LogP contribution >= 0.6 is 11.6 Å². The van der Waals surface area contributed by atoms with Crippen molar-refractivity contribution in [3.8, 4) is 0 Å². The Labute approximate surface area is 121 Å². The van der Waals surface area contributed by atoms with Crippen molar-refractivity contribution in [2.24, 2.45) is 4.99 Å². The van der Waals surface area contributed by atoms with Gasteiger partial charge in [-0.05, 0) is 18.2 Å². The van der Waals surface area contributed by atoms with Crippen LogP contribution in [0.5, 0.6) is 0 Å². The Morgan fingerprint density at radius 1 is 1.26 bits per heavy atom. The van der Waals surface area contributed by atoms with Gasteiger partial charge in [-0.25, -0.2) is 4.99 Å². The minimum atomic E-state index is -2.40. The lowest BCUT2D eigenvalue weighted by atomic mass is 9.92. The van der Waals surface area contributed by atoms with Gasteiger partial charge in [0.15, 0.2) is 0 Å². The summed E-state index contributed by atoms with van der Waals surface area (Å²) in [5, 5.41) is 11.4. The zero-order valence-corrected chi connectivity index (χ0v) is 10.7. The minimum Gasteiger partial charge on any atom is -0.362 e. The molecule has 19 heavy (non-hydrogen) atoms. The van der Waals surface area contributed by atoms with E-state index in [0.29, 0.717) is 21.8 Å². The van der Waals surface area contributed by atoms with Gasteiger partial charge in [-0.15, -0.1) is 0 Å². The average Bonchev–Trinajstić information content (AvgIpc) is 2.48. The van der Waals surface area contributed by atoms with Crippen molar-refractivity contribution in [3.63, 3.8) is 0 Å². The summed E-state index contributed by atoms with van der Waals surface area (Å²) in [6.45, 7) is -2.40. The van der Waals surface area contributed by atoms with E-state index in [0.717, 1.165) is 11.2 Å². The molecule has 0 saturated heterocycles. The fourth-order valence-electron chi connectivity index (χ4n) is 2.17. The fourth-order valence-corrected chi connectivity index (χ4v) is 2.34. The molecule has 1 heterocycles. The second-order valence-electron chi connectivity index (χ2n) is 4.31. The quantitative estimate of drug-likeness (QED) is 0.868. The van der Waals surface area contributed by atoms with E-state index < -0.39 is 12.7 Å². The second kappa shape index (κ2) is 4.37. The van der Waals surface area contributed by atoms with Crippen molar-refractivity contribution in [3.05, 3.63) is 64.7 Å². The Bertz CT molecular complexity index is 733. The molecule has 96 valence electrons. The third-order valence-electron chi connectivity index (χ3n) is 3.13. The molecule has 0 bridgehead atoms. The molecule has 0 spiro atoms. The smallest absolute Gasteiger partial charge is 0.212 e. The third-order valence-corrected chi connectivity index (χ3v) is 3.37. The van der Waals surface area contributed by atoms with Crippen LogP contribution in [0.15, 0.2) is 53.5 Å². The highest BCUT2D eigenvalue weighted by molar-refractivity contribution is 6.30. The zero-order chi connectivity index (χ0) is 16.0. The number of halogens is 1. The topological polar surface area (TPSA) is 35.8 Å². The van der Waals surface area contributed by atoms with Crippen LogP contribution in [-0.2, 0) is 5.72 Å². The maximum Gasteiger partial charge on any atom is 0.212 e. The number of anilines is 1. The van der Waals surface area contributed by atoms with E-state index >= 15 is 0 Å². The first-order valence-corrected chi connectivity index (χ1v) is 6.13. The second-order valence-corrected chi connectivity index (χ2v) is 4.75. The van der Waals surface area contributed by atoms with Crippen molar-refractivity contribution in [2.75, 3.05) is 11.9 Å². The van der Waals surface area contributed by atoms with Crippen LogP contribution in [0.2, 0.25) is 5.02 Å². The average molecular weight is 276 g/mol. The molecular formula is C15H13ClN2O. The van der Waals surface area contributed by atoms with Gasteiger partial charge >= 0.3 is 0 Å². The van der Waals surface area contributed by atoms with E-state index in [-0.39, 0.29) is 0 Å². The molecule has 1 unspecified atom stereocenters. The summed E-state index contributed by atoms with van der Waals surface area (Å²) in [4.78, 5) is 5.15. The normalized spacial score (nSPS) is 24.3. The summed E-state index contributed by atoms with van der Waals surface area (Å²) >= 11 is 6.03. The Balaban J connectivity index is 2.23. The Morgan fingerprint density at radius 3 is 2.79 bits per heavy atom. The van der Waals surface area contributed by atoms with Gasteiger partial charge in [-0.1, -0.05) is 41.9 Å². The predicted octanol–water partition coefficient (Wildman–Crippen LogP) is 3.01. The van der Waals surface area contributed by atoms with Crippen molar-refractivity contribution >= 4 is 23.6 Å². The van der Waals surface area contributed by atoms with Crippen LogP contribution in [-0.4, -0.2) is 18.4 Å². The van der Waals surface area contributed by atoms with Crippen LogP contribution in [0.1, 0.15) is 15.2 Å². The van der Waals surface area contributed by atoms with E-state index in [4.69, 9.17) is 15.7 Å². The van der Waals surface area contributed by atoms with Crippen molar-refractivity contribution in [1.82, 2.24) is 0 Å². The van der Waals surface area contributed by atoms with Gasteiger partial charge in [0.2, 0.25) is 5.72 Å². The molecule has 4 heteroatoms. The van der Waals surface area contributed by atoms with Crippen LogP contribution in [0.3, 0.4) is 0 Å². The summed E-state index contributed by atoms with van der Waals surface area (Å²) in [6.07, 6.45) is 1.15. The number of nitrogens with zero attached hydrogens (tertiary/aromatic N) is 2. The molecule has 3 nitrogen and oxygen atoms in total. The van der Waals surface area contributed by atoms with Gasteiger partial charge in [0.25, 0.3) is 0 Å². The largest absolute Gasteiger partial charge is 0.362 e. The summed E-state index contributed by atoms with van der Waals surface area (Å²) in [6, 6.07) is 13.5. The van der Waals surface area contributed by atoms with Gasteiger partial charge in [0, 0.05) is 27.2 Å². The predicted molar refractivity (Wildman–Crippen MR) is 77.8 cm³/mol. The summed E-state index contributed by atoms with van der Waals surface area (Å²) in [5.74, 6) is 0. The molecular weight excluding hydrogens is 260 g/mol. The molecule has 0 radical (unpaired) electrons. The van der Waals surface area contributed by atoms with E-state index in [1.165, 1.54) is 0 Å². The highest BCUT2D eigenvalue weighted by Gasteiger charge is 2.36.